The number of piperazine rings is 1. The van der Waals surface area contributed by atoms with Gasteiger partial charge in [0, 0.05) is 49.7 Å². The van der Waals surface area contributed by atoms with E-state index in [2.05, 4.69) is 21.9 Å². The molecule has 2 aromatic carbocycles. The minimum Gasteiger partial charge on any atom is -0.463 e. The smallest absolute Gasteiger partial charge is 0.338 e. The molecule has 0 aliphatic carbocycles. The van der Waals surface area contributed by atoms with Crippen LogP contribution in [0.15, 0.2) is 71.3 Å². The molecule has 1 fully saturated rings. The number of esters is 1. The predicted molar refractivity (Wildman–Crippen MR) is 134 cm³/mol. The Morgan fingerprint density at radius 1 is 1.19 bits per heavy atom. The third-order valence-electron chi connectivity index (χ3n) is 6.38. The highest BCUT2D eigenvalue weighted by molar-refractivity contribution is 5.93. The van der Waals surface area contributed by atoms with Crippen LogP contribution in [-0.4, -0.2) is 43.7 Å². The number of nitro groups is 1. The molecule has 0 spiro atoms. The molecule has 2 aliphatic rings. The number of rotatable bonds is 6. The molecule has 2 heterocycles. The minimum atomic E-state index is -0.968. The van der Waals surface area contributed by atoms with Crippen LogP contribution in [0.1, 0.15) is 25.3 Å². The van der Waals surface area contributed by atoms with Crippen molar-refractivity contribution in [3.05, 3.63) is 87.0 Å². The van der Waals surface area contributed by atoms with Gasteiger partial charge in [-0.3, -0.25) is 10.1 Å². The predicted octanol–water partition coefficient (Wildman–Crippen LogP) is 3.57. The van der Waals surface area contributed by atoms with Crippen LogP contribution in [0.3, 0.4) is 0 Å². The largest absolute Gasteiger partial charge is 0.463 e. The summed E-state index contributed by atoms with van der Waals surface area (Å²) >= 11 is 0. The lowest BCUT2D eigenvalue weighted by Gasteiger charge is -2.39. The number of carbonyl (C=O) groups is 1. The Kier molecular flexibility index (Phi) is 7.10. The molecular formula is C26H27N5O5. The van der Waals surface area contributed by atoms with E-state index in [-0.39, 0.29) is 35.1 Å². The van der Waals surface area contributed by atoms with E-state index in [9.17, 15) is 20.2 Å². The van der Waals surface area contributed by atoms with Crippen LogP contribution >= 0.6 is 0 Å². The number of ether oxygens (including phenoxy) is 2. The molecule has 0 amide bonds. The van der Waals surface area contributed by atoms with Crippen LogP contribution in [0.4, 0.5) is 17.1 Å². The molecular weight excluding hydrogens is 462 g/mol. The zero-order chi connectivity index (χ0) is 25.8. The first-order valence-electron chi connectivity index (χ1n) is 11.6. The lowest BCUT2D eigenvalue weighted by molar-refractivity contribution is -0.384. The molecule has 0 radical (unpaired) electrons. The van der Waals surface area contributed by atoms with Crippen LogP contribution in [-0.2, 0) is 14.3 Å². The number of benzene rings is 2. The summed E-state index contributed by atoms with van der Waals surface area (Å²) in [6.07, 6.45) is 0. The average Bonchev–Trinajstić information content (AvgIpc) is 2.88. The summed E-state index contributed by atoms with van der Waals surface area (Å²) < 4.78 is 10.8. The normalized spacial score (nSPS) is 18.0. The Bertz CT molecular complexity index is 1270. The third-order valence-corrected chi connectivity index (χ3v) is 6.38. The van der Waals surface area contributed by atoms with E-state index < -0.39 is 16.8 Å². The highest BCUT2D eigenvalue weighted by Gasteiger charge is 2.39. The van der Waals surface area contributed by atoms with Gasteiger partial charge < -0.3 is 25.0 Å². The van der Waals surface area contributed by atoms with Crippen molar-refractivity contribution in [3.63, 3.8) is 0 Å². The first-order valence-corrected chi connectivity index (χ1v) is 11.6. The van der Waals surface area contributed by atoms with Crippen LogP contribution < -0.4 is 15.5 Å². The van der Waals surface area contributed by atoms with E-state index in [4.69, 9.17) is 15.2 Å². The number of carbonyl (C=O) groups excluding carboxylic acids is 1. The summed E-state index contributed by atoms with van der Waals surface area (Å²) in [7, 11) is 0. The fourth-order valence-corrected chi connectivity index (χ4v) is 4.68. The molecule has 4 rings (SSSR count). The Hall–Kier alpha value is -4.52. The van der Waals surface area contributed by atoms with E-state index in [1.807, 2.05) is 24.3 Å². The van der Waals surface area contributed by atoms with Gasteiger partial charge in [-0.1, -0.05) is 18.2 Å². The molecule has 0 aromatic heterocycles. The summed E-state index contributed by atoms with van der Waals surface area (Å²) in [6.45, 7) is 6.10. The van der Waals surface area contributed by atoms with Gasteiger partial charge in [0.25, 0.3) is 5.69 Å². The molecule has 10 heteroatoms. The number of nitriles is 1. The summed E-state index contributed by atoms with van der Waals surface area (Å²) in [5.41, 5.74) is 8.25. The lowest BCUT2D eigenvalue weighted by Crippen LogP contribution is -2.47. The standard InChI is InChI=1S/C26H27N5O5/c1-3-35-26(32)23-17(2)36-25(28)21(16-27)24(23)20-15-19(31(33)34)9-10-22(20)30-13-11-29(12-14-30)18-7-5-4-6-8-18/h4-10,15,24H,3,11-14,28H2,1-2H3. The molecule has 2 aromatic rings. The second-order valence-corrected chi connectivity index (χ2v) is 8.43. The highest BCUT2D eigenvalue weighted by Crippen LogP contribution is 2.44. The molecule has 10 nitrogen and oxygen atoms in total. The SMILES string of the molecule is CCOC(=O)C1=C(C)OC(N)=C(C#N)C1c1cc([N+](=O)[O-])ccc1N1CCN(c2ccccc2)CC1. The van der Waals surface area contributed by atoms with Gasteiger partial charge in [-0.2, -0.15) is 5.26 Å². The van der Waals surface area contributed by atoms with E-state index in [1.165, 1.54) is 12.1 Å². The van der Waals surface area contributed by atoms with Gasteiger partial charge in [0.15, 0.2) is 0 Å². The van der Waals surface area contributed by atoms with E-state index in [0.717, 1.165) is 18.8 Å². The van der Waals surface area contributed by atoms with Crippen molar-refractivity contribution in [2.75, 3.05) is 42.6 Å². The van der Waals surface area contributed by atoms with E-state index in [0.29, 0.717) is 24.3 Å². The number of nitrogens with zero attached hydrogens (tertiary/aromatic N) is 4. The van der Waals surface area contributed by atoms with Crippen molar-refractivity contribution in [1.29, 1.82) is 5.26 Å². The summed E-state index contributed by atoms with van der Waals surface area (Å²) in [5.74, 6) is -1.57. The van der Waals surface area contributed by atoms with Crippen molar-refractivity contribution in [2.24, 2.45) is 5.73 Å². The van der Waals surface area contributed by atoms with Crippen molar-refractivity contribution >= 4 is 23.0 Å². The zero-order valence-corrected chi connectivity index (χ0v) is 20.1. The Morgan fingerprint density at radius 2 is 1.86 bits per heavy atom. The minimum absolute atomic E-state index is 0.00771. The number of allylic oxidation sites excluding steroid dienone is 2. The molecule has 2 aliphatic heterocycles. The van der Waals surface area contributed by atoms with Crippen LogP contribution in [0.2, 0.25) is 0 Å². The molecule has 0 bridgehead atoms. The number of anilines is 2. The molecule has 186 valence electrons. The molecule has 1 unspecified atom stereocenters. The number of nitrogens with two attached hydrogens (primary N) is 1. The molecule has 36 heavy (non-hydrogen) atoms. The van der Waals surface area contributed by atoms with Gasteiger partial charge >= 0.3 is 5.97 Å². The van der Waals surface area contributed by atoms with Gasteiger partial charge in [0.1, 0.15) is 17.4 Å². The quantitative estimate of drug-likeness (QED) is 0.367. The number of hydrogen-bond donors (Lipinski definition) is 1. The second kappa shape index (κ2) is 10.4. The van der Waals surface area contributed by atoms with Crippen LogP contribution in [0, 0.1) is 21.4 Å². The van der Waals surface area contributed by atoms with E-state index >= 15 is 0 Å². The second-order valence-electron chi connectivity index (χ2n) is 8.43. The first kappa shape index (κ1) is 24.6. The zero-order valence-electron chi connectivity index (χ0n) is 20.1. The van der Waals surface area contributed by atoms with Crippen LogP contribution in [0.25, 0.3) is 0 Å². The fraction of sp³-hybridized carbons (Fsp3) is 0.308. The third kappa shape index (κ3) is 4.68. The number of hydrogen-bond acceptors (Lipinski definition) is 9. The molecule has 1 saturated heterocycles. The van der Waals surface area contributed by atoms with Gasteiger partial charge in [-0.25, -0.2) is 4.79 Å². The van der Waals surface area contributed by atoms with Gasteiger partial charge in [0.2, 0.25) is 5.88 Å². The van der Waals surface area contributed by atoms with Crippen LogP contribution in [0.5, 0.6) is 0 Å². The molecule has 2 N–H and O–H groups in total. The van der Waals surface area contributed by atoms with Gasteiger partial charge in [0.05, 0.1) is 23.0 Å². The van der Waals surface area contributed by atoms with Crippen molar-refractivity contribution in [3.8, 4) is 6.07 Å². The topological polar surface area (TPSA) is 135 Å². The van der Waals surface area contributed by atoms with Crippen molar-refractivity contribution in [2.45, 2.75) is 19.8 Å². The van der Waals surface area contributed by atoms with Crippen molar-refractivity contribution in [1.82, 2.24) is 0 Å². The van der Waals surface area contributed by atoms with Crippen molar-refractivity contribution < 1.29 is 19.2 Å². The maximum Gasteiger partial charge on any atom is 0.338 e. The molecule has 0 saturated carbocycles. The Morgan fingerprint density at radius 3 is 2.47 bits per heavy atom. The molecule has 1 atom stereocenters. The Labute approximate surface area is 209 Å². The summed E-state index contributed by atoms with van der Waals surface area (Å²) in [5, 5.41) is 21.6. The first-order chi connectivity index (χ1) is 17.3. The fourth-order valence-electron chi connectivity index (χ4n) is 4.68. The maximum atomic E-state index is 13.0. The lowest BCUT2D eigenvalue weighted by atomic mass is 9.81. The monoisotopic (exact) mass is 489 g/mol. The number of non-ortho nitro benzene ring substituents is 1. The average molecular weight is 490 g/mol. The van der Waals surface area contributed by atoms with E-state index in [1.54, 1.807) is 19.9 Å². The summed E-state index contributed by atoms with van der Waals surface area (Å²) in [4.78, 5) is 28.5. The summed E-state index contributed by atoms with van der Waals surface area (Å²) in [6, 6.07) is 16.6. The maximum absolute atomic E-state index is 13.0. The number of nitro benzene ring substituents is 1. The highest BCUT2D eigenvalue weighted by atomic mass is 16.6. The van der Waals surface area contributed by atoms with Gasteiger partial charge in [-0.15, -0.1) is 0 Å². The number of para-hydroxylation sites is 1. The van der Waals surface area contributed by atoms with Gasteiger partial charge in [-0.05, 0) is 37.6 Å². The Balaban J connectivity index is 1.78.